The number of hydrogen-bond donors (Lipinski definition) is 2. The number of benzene rings is 2. The van der Waals surface area contributed by atoms with E-state index in [1.54, 1.807) is 4.90 Å². The van der Waals surface area contributed by atoms with E-state index < -0.39 is 0 Å². The Kier molecular flexibility index (Phi) is 7.82. The SMILES string of the molecule is CCN(C(=O)Cc1ccc(NC(=O)CCC2CCNCC2)cc1)c1ccccc1. The first-order valence-electron chi connectivity index (χ1n) is 10.6. The molecule has 0 bridgehead atoms. The second-order valence-corrected chi connectivity index (χ2v) is 7.63. The number of piperidine rings is 1. The van der Waals surface area contributed by atoms with E-state index in [1.807, 2.05) is 61.5 Å². The van der Waals surface area contributed by atoms with Crippen LogP contribution in [0.3, 0.4) is 0 Å². The zero-order valence-electron chi connectivity index (χ0n) is 17.2. The second kappa shape index (κ2) is 10.8. The van der Waals surface area contributed by atoms with Gasteiger partial charge in [0.05, 0.1) is 6.42 Å². The summed E-state index contributed by atoms with van der Waals surface area (Å²) < 4.78 is 0. The predicted octanol–water partition coefficient (Wildman–Crippen LogP) is 4.00. The van der Waals surface area contributed by atoms with Gasteiger partial charge in [-0.15, -0.1) is 0 Å². The Morgan fingerprint density at radius 1 is 1.03 bits per heavy atom. The van der Waals surface area contributed by atoms with Crippen LogP contribution in [-0.4, -0.2) is 31.4 Å². The largest absolute Gasteiger partial charge is 0.326 e. The molecule has 0 saturated carbocycles. The van der Waals surface area contributed by atoms with Crippen molar-refractivity contribution < 1.29 is 9.59 Å². The van der Waals surface area contributed by atoms with E-state index in [2.05, 4.69) is 10.6 Å². The highest BCUT2D eigenvalue weighted by Crippen LogP contribution is 2.19. The van der Waals surface area contributed by atoms with Crippen molar-refractivity contribution in [3.05, 3.63) is 60.2 Å². The minimum atomic E-state index is 0.0635. The molecule has 2 N–H and O–H groups in total. The third-order valence-corrected chi connectivity index (χ3v) is 5.52. The summed E-state index contributed by atoms with van der Waals surface area (Å²) in [6.07, 6.45) is 4.17. The number of amides is 2. The van der Waals surface area contributed by atoms with Gasteiger partial charge in [0.1, 0.15) is 0 Å². The Labute approximate surface area is 173 Å². The van der Waals surface area contributed by atoms with Crippen LogP contribution in [0.15, 0.2) is 54.6 Å². The molecule has 0 radical (unpaired) electrons. The molecule has 1 fully saturated rings. The lowest BCUT2D eigenvalue weighted by Gasteiger charge is -2.22. The lowest BCUT2D eigenvalue weighted by molar-refractivity contribution is -0.118. The fourth-order valence-electron chi connectivity index (χ4n) is 3.82. The topological polar surface area (TPSA) is 61.4 Å². The molecule has 0 unspecified atom stereocenters. The van der Waals surface area contributed by atoms with Crippen LogP contribution >= 0.6 is 0 Å². The smallest absolute Gasteiger partial charge is 0.231 e. The standard InChI is InChI=1S/C24H31N3O2/c1-2-27(22-6-4-3-5-7-22)24(29)18-20-8-11-21(12-9-20)26-23(28)13-10-19-14-16-25-17-15-19/h3-9,11-12,19,25H,2,10,13-18H2,1H3,(H,26,28). The van der Waals surface area contributed by atoms with E-state index in [1.165, 1.54) is 0 Å². The van der Waals surface area contributed by atoms with Gasteiger partial charge in [-0.1, -0.05) is 30.3 Å². The van der Waals surface area contributed by atoms with Crippen molar-refractivity contribution in [2.75, 3.05) is 29.9 Å². The highest BCUT2D eigenvalue weighted by atomic mass is 16.2. The molecule has 2 aromatic carbocycles. The lowest BCUT2D eigenvalue weighted by atomic mass is 9.93. The number of nitrogens with one attached hydrogen (secondary N) is 2. The molecule has 2 aromatic rings. The number of rotatable bonds is 8. The van der Waals surface area contributed by atoms with Crippen molar-refractivity contribution in [3.8, 4) is 0 Å². The van der Waals surface area contributed by atoms with Crippen LogP contribution in [0.2, 0.25) is 0 Å². The Balaban J connectivity index is 1.49. The Morgan fingerprint density at radius 3 is 2.38 bits per heavy atom. The molecule has 3 rings (SSSR count). The van der Waals surface area contributed by atoms with E-state index in [0.29, 0.717) is 25.3 Å². The van der Waals surface area contributed by atoms with Gasteiger partial charge >= 0.3 is 0 Å². The van der Waals surface area contributed by atoms with E-state index in [0.717, 1.165) is 49.3 Å². The first-order chi connectivity index (χ1) is 14.2. The van der Waals surface area contributed by atoms with Gasteiger partial charge in [0.25, 0.3) is 0 Å². The van der Waals surface area contributed by atoms with Gasteiger partial charge in [-0.2, -0.15) is 0 Å². The molecule has 2 amide bonds. The van der Waals surface area contributed by atoms with Gasteiger partial charge in [-0.3, -0.25) is 9.59 Å². The van der Waals surface area contributed by atoms with Crippen molar-refractivity contribution in [1.82, 2.24) is 5.32 Å². The van der Waals surface area contributed by atoms with Gasteiger partial charge in [0.15, 0.2) is 0 Å². The van der Waals surface area contributed by atoms with Crippen LogP contribution in [-0.2, 0) is 16.0 Å². The number of anilines is 2. The Hall–Kier alpha value is -2.66. The van der Waals surface area contributed by atoms with Gasteiger partial charge < -0.3 is 15.5 Å². The third-order valence-electron chi connectivity index (χ3n) is 5.52. The molecule has 5 nitrogen and oxygen atoms in total. The molecular weight excluding hydrogens is 362 g/mol. The van der Waals surface area contributed by atoms with Crippen LogP contribution in [0.1, 0.15) is 38.2 Å². The van der Waals surface area contributed by atoms with Crippen LogP contribution in [0, 0.1) is 5.92 Å². The van der Waals surface area contributed by atoms with Gasteiger partial charge in [0.2, 0.25) is 11.8 Å². The molecule has 5 heteroatoms. The van der Waals surface area contributed by atoms with E-state index in [9.17, 15) is 9.59 Å². The molecule has 0 atom stereocenters. The van der Waals surface area contributed by atoms with Gasteiger partial charge in [-0.25, -0.2) is 0 Å². The molecule has 0 aromatic heterocycles. The summed E-state index contributed by atoms with van der Waals surface area (Å²) in [4.78, 5) is 26.7. The third kappa shape index (κ3) is 6.43. The lowest BCUT2D eigenvalue weighted by Crippen LogP contribution is -2.31. The normalized spacial score (nSPS) is 14.4. The van der Waals surface area contributed by atoms with Crippen LogP contribution in [0.25, 0.3) is 0 Å². The number of likely N-dealkylation sites (N-methyl/N-ethyl adjacent to an activating group) is 1. The Morgan fingerprint density at radius 2 is 1.72 bits per heavy atom. The van der Waals surface area contributed by atoms with Gasteiger partial charge in [-0.05, 0) is 75.0 Å². The van der Waals surface area contributed by atoms with Crippen LogP contribution < -0.4 is 15.5 Å². The maximum atomic E-state index is 12.7. The summed E-state index contributed by atoms with van der Waals surface area (Å²) >= 11 is 0. The minimum absolute atomic E-state index is 0.0635. The molecule has 1 aliphatic heterocycles. The zero-order valence-corrected chi connectivity index (χ0v) is 17.2. The van der Waals surface area contributed by atoms with Crippen molar-refractivity contribution in [3.63, 3.8) is 0 Å². The van der Waals surface area contributed by atoms with Crippen LogP contribution in [0.4, 0.5) is 11.4 Å². The highest BCUT2D eigenvalue weighted by molar-refractivity contribution is 5.95. The molecule has 1 saturated heterocycles. The van der Waals surface area contributed by atoms with E-state index >= 15 is 0 Å². The summed E-state index contributed by atoms with van der Waals surface area (Å²) in [5, 5.41) is 6.33. The van der Waals surface area contributed by atoms with Gasteiger partial charge in [0, 0.05) is 24.3 Å². The monoisotopic (exact) mass is 393 g/mol. The molecule has 1 heterocycles. The second-order valence-electron chi connectivity index (χ2n) is 7.63. The predicted molar refractivity (Wildman–Crippen MR) is 118 cm³/mol. The number of hydrogen-bond acceptors (Lipinski definition) is 3. The number of carbonyl (C=O) groups is 2. The van der Waals surface area contributed by atoms with Crippen LogP contribution in [0.5, 0.6) is 0 Å². The van der Waals surface area contributed by atoms with E-state index in [4.69, 9.17) is 0 Å². The van der Waals surface area contributed by atoms with Crippen molar-refractivity contribution in [2.24, 2.45) is 5.92 Å². The molecule has 1 aliphatic rings. The summed E-state index contributed by atoms with van der Waals surface area (Å²) in [5.41, 5.74) is 2.64. The summed E-state index contributed by atoms with van der Waals surface area (Å²) in [7, 11) is 0. The minimum Gasteiger partial charge on any atom is -0.326 e. The maximum absolute atomic E-state index is 12.7. The summed E-state index contributed by atoms with van der Waals surface area (Å²) in [6.45, 7) is 4.74. The average Bonchev–Trinajstić information content (AvgIpc) is 2.76. The molecular formula is C24H31N3O2. The van der Waals surface area contributed by atoms with Crippen molar-refractivity contribution >= 4 is 23.2 Å². The first kappa shape index (κ1) is 21.1. The number of carbonyl (C=O) groups excluding carboxylic acids is 2. The van der Waals surface area contributed by atoms with Crippen molar-refractivity contribution in [1.29, 1.82) is 0 Å². The Bertz CT molecular complexity index is 784. The maximum Gasteiger partial charge on any atom is 0.231 e. The molecule has 0 aliphatic carbocycles. The quantitative estimate of drug-likeness (QED) is 0.713. The zero-order chi connectivity index (χ0) is 20.5. The first-order valence-corrected chi connectivity index (χ1v) is 10.6. The molecule has 29 heavy (non-hydrogen) atoms. The molecule has 0 spiro atoms. The number of para-hydroxylation sites is 1. The molecule has 154 valence electrons. The fourth-order valence-corrected chi connectivity index (χ4v) is 3.82. The summed E-state index contributed by atoms with van der Waals surface area (Å²) in [6, 6.07) is 17.3. The average molecular weight is 394 g/mol. The van der Waals surface area contributed by atoms with E-state index in [-0.39, 0.29) is 11.8 Å². The summed E-state index contributed by atoms with van der Waals surface area (Å²) in [5.74, 6) is 0.785. The fraction of sp³-hybridized carbons (Fsp3) is 0.417. The van der Waals surface area contributed by atoms with Crippen molar-refractivity contribution in [2.45, 2.75) is 39.0 Å². The highest BCUT2D eigenvalue weighted by Gasteiger charge is 2.16. The number of nitrogens with zero attached hydrogens (tertiary/aromatic N) is 1.